The summed E-state index contributed by atoms with van der Waals surface area (Å²) in [7, 11) is -3.92. The topological polar surface area (TPSA) is 52.6 Å². The second kappa shape index (κ2) is 4.80. The van der Waals surface area contributed by atoms with E-state index in [9.17, 15) is 8.42 Å². The lowest BCUT2D eigenvalue weighted by molar-refractivity contribution is 0.0383. The minimum Gasteiger partial charge on any atom is -0.242 e. The van der Waals surface area contributed by atoms with Gasteiger partial charge in [0.05, 0.1) is 11.2 Å². The summed E-state index contributed by atoms with van der Waals surface area (Å²) >= 11 is 0. The van der Waals surface area contributed by atoms with E-state index in [-0.39, 0.29) is 0 Å². The van der Waals surface area contributed by atoms with Gasteiger partial charge in [-0.25, -0.2) is 8.37 Å². The van der Waals surface area contributed by atoms with Gasteiger partial charge in [-0.05, 0) is 40.5 Å². The first-order chi connectivity index (χ1) is 6.54. The first kappa shape index (κ1) is 14.9. The minimum absolute atomic E-state index is 0.599. The lowest BCUT2D eigenvalue weighted by Crippen LogP contribution is -2.34. The van der Waals surface area contributed by atoms with E-state index < -0.39 is 21.6 Å². The molecular formula is C10H22O4S. The highest BCUT2D eigenvalue weighted by Gasteiger charge is 2.31. The van der Waals surface area contributed by atoms with E-state index in [0.29, 0.717) is 12.8 Å². The van der Waals surface area contributed by atoms with Crippen molar-refractivity contribution in [2.75, 3.05) is 0 Å². The smallest absolute Gasteiger partial charge is 0.242 e. The van der Waals surface area contributed by atoms with Gasteiger partial charge in [0.25, 0.3) is 0 Å². The van der Waals surface area contributed by atoms with Gasteiger partial charge in [-0.1, -0.05) is 13.8 Å². The first-order valence-corrected chi connectivity index (χ1v) is 6.53. The molecule has 15 heavy (non-hydrogen) atoms. The van der Waals surface area contributed by atoms with Crippen LogP contribution in [0.2, 0.25) is 0 Å². The van der Waals surface area contributed by atoms with Gasteiger partial charge in [0.15, 0.2) is 0 Å². The summed E-state index contributed by atoms with van der Waals surface area (Å²) in [6, 6.07) is 0. The Kier molecular flexibility index (Phi) is 4.76. The SMILES string of the molecule is CCC(C)(C)OS(=O)(=O)OC(C)(C)CC. The molecule has 0 saturated carbocycles. The van der Waals surface area contributed by atoms with Gasteiger partial charge in [-0.2, -0.15) is 8.42 Å². The summed E-state index contributed by atoms with van der Waals surface area (Å²) in [4.78, 5) is 0. The molecule has 0 amide bonds. The second-order valence-electron chi connectivity index (χ2n) is 4.80. The van der Waals surface area contributed by atoms with E-state index in [4.69, 9.17) is 8.37 Å². The van der Waals surface area contributed by atoms with Crippen LogP contribution in [-0.4, -0.2) is 19.6 Å². The predicted octanol–water partition coefficient (Wildman–Crippen LogP) is 2.64. The lowest BCUT2D eigenvalue weighted by atomic mass is 10.1. The molecule has 0 aliphatic carbocycles. The van der Waals surface area contributed by atoms with Crippen LogP contribution < -0.4 is 0 Å². The van der Waals surface area contributed by atoms with Crippen LogP contribution in [0.1, 0.15) is 54.4 Å². The molecule has 92 valence electrons. The van der Waals surface area contributed by atoms with Crippen LogP contribution in [0.25, 0.3) is 0 Å². The molecule has 5 heteroatoms. The van der Waals surface area contributed by atoms with Crippen LogP contribution >= 0.6 is 0 Å². The van der Waals surface area contributed by atoms with Gasteiger partial charge in [-0.15, -0.1) is 0 Å². The lowest BCUT2D eigenvalue weighted by Gasteiger charge is -2.27. The van der Waals surface area contributed by atoms with Gasteiger partial charge in [-0.3, -0.25) is 0 Å². The van der Waals surface area contributed by atoms with Crippen molar-refractivity contribution >= 4 is 10.4 Å². The average molecular weight is 238 g/mol. The molecule has 0 N–H and O–H groups in total. The van der Waals surface area contributed by atoms with Crippen LogP contribution in [0.3, 0.4) is 0 Å². The van der Waals surface area contributed by atoms with Crippen molar-refractivity contribution in [1.29, 1.82) is 0 Å². The Morgan fingerprint density at radius 3 is 1.33 bits per heavy atom. The molecule has 0 atom stereocenters. The van der Waals surface area contributed by atoms with Crippen molar-refractivity contribution in [2.24, 2.45) is 0 Å². The van der Waals surface area contributed by atoms with Crippen molar-refractivity contribution in [1.82, 2.24) is 0 Å². The van der Waals surface area contributed by atoms with E-state index in [1.165, 1.54) is 0 Å². The van der Waals surface area contributed by atoms with E-state index >= 15 is 0 Å². The summed E-state index contributed by atoms with van der Waals surface area (Å²) in [5, 5.41) is 0. The van der Waals surface area contributed by atoms with Crippen molar-refractivity contribution in [3.63, 3.8) is 0 Å². The Bertz CT molecular complexity index is 267. The molecule has 0 aromatic heterocycles. The average Bonchev–Trinajstić information content (AvgIpc) is 2.00. The molecule has 0 aliphatic rings. The quantitative estimate of drug-likeness (QED) is 0.714. The molecule has 0 unspecified atom stereocenters. The number of hydrogen-bond acceptors (Lipinski definition) is 4. The van der Waals surface area contributed by atoms with Crippen LogP contribution in [0.5, 0.6) is 0 Å². The van der Waals surface area contributed by atoms with Gasteiger partial charge in [0, 0.05) is 0 Å². The van der Waals surface area contributed by atoms with Gasteiger partial charge >= 0.3 is 10.4 Å². The summed E-state index contributed by atoms with van der Waals surface area (Å²) in [6.45, 7) is 10.6. The standard InChI is InChI=1S/C10H22O4S/c1-7-9(3,4)13-15(11,12)14-10(5,6)8-2/h7-8H2,1-6H3. The summed E-state index contributed by atoms with van der Waals surface area (Å²) in [5.41, 5.74) is -1.44. The zero-order chi connectivity index (χ0) is 12.3. The number of rotatable bonds is 6. The third kappa shape index (κ3) is 6.12. The zero-order valence-corrected chi connectivity index (χ0v) is 11.3. The Morgan fingerprint density at radius 2 is 1.13 bits per heavy atom. The Hall–Kier alpha value is -0.130. The predicted molar refractivity (Wildman–Crippen MR) is 59.8 cm³/mol. The van der Waals surface area contributed by atoms with Crippen molar-refractivity contribution < 1.29 is 16.8 Å². The van der Waals surface area contributed by atoms with E-state index in [0.717, 1.165) is 0 Å². The summed E-state index contributed by atoms with van der Waals surface area (Å²) in [5.74, 6) is 0. The molecule has 4 nitrogen and oxygen atoms in total. The Labute approximate surface area is 93.3 Å². The normalized spacial score (nSPS) is 14.3. The maximum Gasteiger partial charge on any atom is 0.400 e. The molecule has 0 fully saturated rings. The molecular weight excluding hydrogens is 216 g/mol. The van der Waals surface area contributed by atoms with Crippen LogP contribution in [0.15, 0.2) is 0 Å². The van der Waals surface area contributed by atoms with Crippen molar-refractivity contribution in [2.45, 2.75) is 65.6 Å². The molecule has 0 aromatic carbocycles. The monoisotopic (exact) mass is 238 g/mol. The number of hydrogen-bond donors (Lipinski definition) is 0. The third-order valence-electron chi connectivity index (χ3n) is 2.36. The fourth-order valence-electron chi connectivity index (χ4n) is 0.687. The van der Waals surface area contributed by atoms with Crippen molar-refractivity contribution in [3.05, 3.63) is 0 Å². The second-order valence-corrected chi connectivity index (χ2v) is 5.95. The summed E-state index contributed by atoms with van der Waals surface area (Å²) in [6.07, 6.45) is 1.20. The van der Waals surface area contributed by atoms with Crippen LogP contribution in [-0.2, 0) is 18.8 Å². The molecule has 0 heterocycles. The van der Waals surface area contributed by atoms with E-state index in [2.05, 4.69) is 0 Å². The molecule has 0 rings (SSSR count). The van der Waals surface area contributed by atoms with Gasteiger partial charge < -0.3 is 0 Å². The fraction of sp³-hybridized carbons (Fsp3) is 1.00. The first-order valence-electron chi connectivity index (χ1n) is 5.20. The maximum atomic E-state index is 11.5. The largest absolute Gasteiger partial charge is 0.400 e. The van der Waals surface area contributed by atoms with Gasteiger partial charge in [0.1, 0.15) is 0 Å². The maximum absolute atomic E-state index is 11.5. The highest BCUT2D eigenvalue weighted by atomic mass is 32.3. The van der Waals surface area contributed by atoms with Crippen LogP contribution in [0, 0.1) is 0 Å². The van der Waals surface area contributed by atoms with Crippen molar-refractivity contribution in [3.8, 4) is 0 Å². The fourth-order valence-corrected chi connectivity index (χ4v) is 2.06. The Morgan fingerprint density at radius 1 is 0.867 bits per heavy atom. The zero-order valence-electron chi connectivity index (χ0n) is 10.5. The summed E-state index contributed by atoms with van der Waals surface area (Å²) < 4.78 is 33.0. The Balaban J connectivity index is 4.59. The highest BCUT2D eigenvalue weighted by Crippen LogP contribution is 2.23. The van der Waals surface area contributed by atoms with Crippen LogP contribution in [0.4, 0.5) is 0 Å². The molecule has 0 aromatic rings. The van der Waals surface area contributed by atoms with Gasteiger partial charge in [0.2, 0.25) is 0 Å². The van der Waals surface area contributed by atoms with E-state index in [1.54, 1.807) is 27.7 Å². The third-order valence-corrected chi connectivity index (χ3v) is 3.67. The molecule has 0 bridgehead atoms. The molecule has 0 spiro atoms. The van der Waals surface area contributed by atoms with E-state index in [1.807, 2.05) is 13.8 Å². The highest BCUT2D eigenvalue weighted by molar-refractivity contribution is 7.81. The molecule has 0 saturated heterocycles. The minimum atomic E-state index is -3.92. The molecule has 0 radical (unpaired) electrons. The molecule has 0 aliphatic heterocycles.